The van der Waals surface area contributed by atoms with Crippen LogP contribution in [0.1, 0.15) is 43.7 Å². The van der Waals surface area contributed by atoms with Crippen LogP contribution in [0.4, 0.5) is 0 Å². The maximum atomic E-state index is 12.5. The number of rotatable bonds is 6. The lowest BCUT2D eigenvalue weighted by molar-refractivity contribution is -0.123. The minimum Gasteiger partial charge on any atom is -0.486 e. The highest BCUT2D eigenvalue weighted by atomic mass is 79.9. The lowest BCUT2D eigenvalue weighted by Gasteiger charge is -2.15. The van der Waals surface area contributed by atoms with E-state index in [0.29, 0.717) is 23.3 Å². The van der Waals surface area contributed by atoms with Crippen LogP contribution in [0.15, 0.2) is 50.4 Å². The van der Waals surface area contributed by atoms with Gasteiger partial charge in [0.25, 0.3) is 0 Å². The van der Waals surface area contributed by atoms with Gasteiger partial charge in [0.1, 0.15) is 12.4 Å². The summed E-state index contributed by atoms with van der Waals surface area (Å²) in [7, 11) is 0. The van der Waals surface area contributed by atoms with Gasteiger partial charge >= 0.3 is 0 Å². The number of hydrazone groups is 1. The van der Waals surface area contributed by atoms with E-state index in [-0.39, 0.29) is 17.2 Å². The fourth-order valence-corrected chi connectivity index (χ4v) is 6.29. The van der Waals surface area contributed by atoms with Crippen molar-refractivity contribution in [1.29, 1.82) is 0 Å². The van der Waals surface area contributed by atoms with Crippen LogP contribution in [-0.4, -0.2) is 12.1 Å². The highest BCUT2D eigenvalue weighted by Crippen LogP contribution is 2.66. The van der Waals surface area contributed by atoms with Crippen LogP contribution >= 0.6 is 43.5 Å². The first kappa shape index (κ1) is 21.8. The Hall–Kier alpha value is -1.37. The second kappa shape index (κ2) is 9.01. The number of ether oxygens (including phenoxy) is 1. The van der Waals surface area contributed by atoms with Crippen LogP contribution in [0.25, 0.3) is 0 Å². The molecule has 1 N–H and O–H groups in total. The van der Waals surface area contributed by atoms with Gasteiger partial charge < -0.3 is 4.74 Å². The second-order valence-corrected chi connectivity index (χ2v) is 10.4. The van der Waals surface area contributed by atoms with E-state index in [0.717, 1.165) is 32.9 Å². The lowest BCUT2D eigenvalue weighted by Crippen LogP contribution is -2.22. The fourth-order valence-electron chi connectivity index (χ4n) is 4.65. The number of carbonyl (C=O) groups is 1. The summed E-state index contributed by atoms with van der Waals surface area (Å²) in [6.07, 6.45) is 6.43. The first-order chi connectivity index (χ1) is 14.4. The molecule has 2 fully saturated rings. The molecular formula is C23H23Br2ClN2O2. The van der Waals surface area contributed by atoms with Gasteiger partial charge in [-0.05, 0) is 79.8 Å². The van der Waals surface area contributed by atoms with E-state index in [1.54, 1.807) is 6.21 Å². The SMILES string of the molecule is C[C@]12CCCC[C@H]1[C@@H]2C(=O)N/N=C\c1cc(Br)c(OCc2ccccc2Cl)c(Br)c1. The van der Waals surface area contributed by atoms with Crippen molar-refractivity contribution in [3.8, 4) is 5.75 Å². The maximum Gasteiger partial charge on any atom is 0.244 e. The van der Waals surface area contributed by atoms with Gasteiger partial charge in [-0.25, -0.2) is 5.43 Å². The predicted octanol–water partition coefficient (Wildman–Crippen LogP) is 6.72. The maximum absolute atomic E-state index is 12.5. The molecule has 7 heteroatoms. The van der Waals surface area contributed by atoms with Crippen molar-refractivity contribution in [1.82, 2.24) is 5.43 Å². The van der Waals surface area contributed by atoms with Crippen molar-refractivity contribution >= 4 is 55.6 Å². The van der Waals surface area contributed by atoms with Gasteiger partial charge in [-0.15, -0.1) is 0 Å². The van der Waals surface area contributed by atoms with E-state index < -0.39 is 0 Å². The lowest BCUT2D eigenvalue weighted by atomic mass is 9.90. The highest BCUT2D eigenvalue weighted by molar-refractivity contribution is 9.11. The van der Waals surface area contributed by atoms with Crippen LogP contribution in [0, 0.1) is 17.3 Å². The third-order valence-electron chi connectivity index (χ3n) is 6.35. The van der Waals surface area contributed by atoms with E-state index in [4.69, 9.17) is 16.3 Å². The molecule has 1 amide bonds. The Balaban J connectivity index is 1.37. The molecule has 0 spiro atoms. The number of fused-ring (bicyclic) bond motifs is 1. The normalized spacial score (nSPS) is 25.1. The fraction of sp³-hybridized carbons (Fsp3) is 0.391. The highest BCUT2D eigenvalue weighted by Gasteiger charge is 2.64. The first-order valence-corrected chi connectivity index (χ1v) is 12.0. The van der Waals surface area contributed by atoms with Crippen molar-refractivity contribution < 1.29 is 9.53 Å². The van der Waals surface area contributed by atoms with Crippen LogP contribution in [-0.2, 0) is 11.4 Å². The van der Waals surface area contributed by atoms with Gasteiger partial charge in [0.15, 0.2) is 0 Å². The average Bonchev–Trinajstić information content (AvgIpc) is 3.34. The Kier molecular flexibility index (Phi) is 6.56. The summed E-state index contributed by atoms with van der Waals surface area (Å²) in [6, 6.07) is 11.4. The smallest absolute Gasteiger partial charge is 0.244 e. The zero-order chi connectivity index (χ0) is 21.3. The summed E-state index contributed by atoms with van der Waals surface area (Å²) in [4.78, 5) is 12.5. The van der Waals surface area contributed by atoms with Gasteiger partial charge in [-0.1, -0.05) is 49.6 Å². The van der Waals surface area contributed by atoms with Gasteiger partial charge in [0.05, 0.1) is 15.2 Å². The number of benzene rings is 2. The van der Waals surface area contributed by atoms with Gasteiger partial charge in [-0.3, -0.25) is 4.79 Å². The zero-order valence-electron chi connectivity index (χ0n) is 16.6. The van der Waals surface area contributed by atoms with Crippen LogP contribution < -0.4 is 10.2 Å². The number of nitrogens with zero attached hydrogens (tertiary/aromatic N) is 1. The summed E-state index contributed by atoms with van der Waals surface area (Å²) in [5.41, 5.74) is 4.68. The van der Waals surface area contributed by atoms with E-state index in [2.05, 4.69) is 49.3 Å². The second-order valence-electron chi connectivity index (χ2n) is 8.26. The Bertz CT molecular complexity index is 974. The molecule has 2 aliphatic carbocycles. The third-order valence-corrected chi connectivity index (χ3v) is 7.90. The number of carbonyl (C=O) groups excluding carboxylic acids is 1. The minimum atomic E-state index is 0.0403. The molecule has 4 rings (SSSR count). The molecule has 4 nitrogen and oxygen atoms in total. The molecule has 158 valence electrons. The molecule has 3 atom stereocenters. The van der Waals surface area contributed by atoms with E-state index in [9.17, 15) is 4.79 Å². The molecular weight excluding hydrogens is 532 g/mol. The molecule has 2 aromatic rings. The number of hydrogen-bond donors (Lipinski definition) is 1. The van der Waals surface area contributed by atoms with Crippen molar-refractivity contribution in [2.24, 2.45) is 22.4 Å². The summed E-state index contributed by atoms with van der Waals surface area (Å²) < 4.78 is 7.52. The molecule has 30 heavy (non-hydrogen) atoms. The van der Waals surface area contributed by atoms with Crippen molar-refractivity contribution in [3.63, 3.8) is 0 Å². The molecule has 0 unspecified atom stereocenters. The van der Waals surface area contributed by atoms with Crippen LogP contribution in [0.2, 0.25) is 5.02 Å². The third kappa shape index (κ3) is 4.46. The van der Waals surface area contributed by atoms with Gasteiger partial charge in [0.2, 0.25) is 5.91 Å². The van der Waals surface area contributed by atoms with Gasteiger partial charge in [0, 0.05) is 16.5 Å². The largest absolute Gasteiger partial charge is 0.486 e. The molecule has 2 aliphatic rings. The Morgan fingerprint density at radius 3 is 2.70 bits per heavy atom. The predicted molar refractivity (Wildman–Crippen MR) is 127 cm³/mol. The molecule has 2 saturated carbocycles. The van der Waals surface area contributed by atoms with Crippen LogP contribution in [0.5, 0.6) is 5.75 Å². The molecule has 0 radical (unpaired) electrons. The minimum absolute atomic E-state index is 0.0403. The van der Waals surface area contributed by atoms with Gasteiger partial charge in [-0.2, -0.15) is 5.10 Å². The topological polar surface area (TPSA) is 50.7 Å². The molecule has 0 heterocycles. The monoisotopic (exact) mass is 552 g/mol. The Labute approximate surface area is 198 Å². The number of hydrogen-bond acceptors (Lipinski definition) is 3. The molecule has 0 aliphatic heterocycles. The van der Waals surface area contributed by atoms with E-state index in [1.165, 1.54) is 12.8 Å². The summed E-state index contributed by atoms with van der Waals surface area (Å²) in [5, 5.41) is 4.86. The number of halogens is 3. The Morgan fingerprint density at radius 2 is 2.03 bits per heavy atom. The summed E-state index contributed by atoms with van der Waals surface area (Å²) in [6.45, 7) is 2.60. The standard InChI is InChI=1S/C23H23Br2ClN2O2/c1-23-9-5-4-7-16(23)20(23)22(29)28-27-12-14-10-17(24)21(18(25)11-14)30-13-15-6-2-3-8-19(15)26/h2-3,6,8,10-12,16,20H,4-5,7,9,13H2,1H3,(H,28,29)/b27-12-/t16-,20+,23-/m0/s1. The Morgan fingerprint density at radius 1 is 1.30 bits per heavy atom. The number of amides is 1. The molecule has 0 bridgehead atoms. The van der Waals surface area contributed by atoms with E-state index in [1.807, 2.05) is 36.4 Å². The van der Waals surface area contributed by atoms with Crippen molar-refractivity contribution in [2.45, 2.75) is 39.2 Å². The molecule has 0 saturated heterocycles. The van der Waals surface area contributed by atoms with E-state index >= 15 is 0 Å². The van der Waals surface area contributed by atoms with Crippen LogP contribution in [0.3, 0.4) is 0 Å². The molecule has 0 aromatic heterocycles. The summed E-state index contributed by atoms with van der Waals surface area (Å²) >= 11 is 13.3. The quantitative estimate of drug-likeness (QED) is 0.318. The number of nitrogens with one attached hydrogen (secondary N) is 1. The average molecular weight is 555 g/mol. The van der Waals surface area contributed by atoms with Crippen molar-refractivity contribution in [2.75, 3.05) is 0 Å². The summed E-state index contributed by atoms with van der Waals surface area (Å²) in [5.74, 6) is 1.36. The first-order valence-electron chi connectivity index (χ1n) is 10.1. The zero-order valence-corrected chi connectivity index (χ0v) is 20.6. The molecule has 2 aromatic carbocycles. The van der Waals surface area contributed by atoms with Crippen molar-refractivity contribution in [3.05, 3.63) is 61.5 Å².